The molecule has 1 aliphatic carbocycles. The summed E-state index contributed by atoms with van der Waals surface area (Å²) in [5, 5.41) is 2.69. The van der Waals surface area contributed by atoms with Crippen LogP contribution in [0.15, 0.2) is 42.5 Å². The van der Waals surface area contributed by atoms with Crippen molar-refractivity contribution < 1.29 is 0 Å². The summed E-state index contributed by atoms with van der Waals surface area (Å²) in [6.45, 7) is 4.70. The van der Waals surface area contributed by atoms with Crippen LogP contribution in [-0.2, 0) is 6.42 Å². The Morgan fingerprint density at radius 1 is 1.00 bits per heavy atom. The minimum absolute atomic E-state index is 0.0266. The van der Waals surface area contributed by atoms with E-state index in [2.05, 4.69) is 56.3 Å². The molecule has 0 bridgehead atoms. The lowest BCUT2D eigenvalue weighted by Crippen LogP contribution is -2.48. The van der Waals surface area contributed by atoms with E-state index in [9.17, 15) is 0 Å². The first-order valence-corrected chi connectivity index (χ1v) is 7.81. The zero-order chi connectivity index (χ0) is 14.2. The Labute approximate surface area is 122 Å². The van der Waals surface area contributed by atoms with Gasteiger partial charge in [0.2, 0.25) is 0 Å². The zero-order valence-electron chi connectivity index (χ0n) is 12.6. The molecule has 2 atom stereocenters. The fraction of sp³-hybridized carbons (Fsp3) is 0.474. The van der Waals surface area contributed by atoms with Crippen LogP contribution < -0.4 is 5.73 Å². The van der Waals surface area contributed by atoms with Crippen LogP contribution in [0.3, 0.4) is 0 Å². The lowest BCUT2D eigenvalue weighted by Gasteiger charge is -2.40. The van der Waals surface area contributed by atoms with Crippen molar-refractivity contribution in [3.63, 3.8) is 0 Å². The highest BCUT2D eigenvalue weighted by molar-refractivity contribution is 5.85. The monoisotopic (exact) mass is 267 g/mol. The highest BCUT2D eigenvalue weighted by Crippen LogP contribution is 2.37. The van der Waals surface area contributed by atoms with Crippen molar-refractivity contribution in [1.29, 1.82) is 0 Å². The molecule has 0 radical (unpaired) electrons. The summed E-state index contributed by atoms with van der Waals surface area (Å²) >= 11 is 0. The molecular weight excluding hydrogens is 242 g/mol. The average Bonchev–Trinajstić information content (AvgIpc) is 2.37. The third-order valence-electron chi connectivity index (χ3n) is 4.74. The van der Waals surface area contributed by atoms with Gasteiger partial charge in [-0.3, -0.25) is 0 Å². The topological polar surface area (TPSA) is 26.0 Å². The molecule has 20 heavy (non-hydrogen) atoms. The molecule has 2 aromatic carbocycles. The normalized spacial score (nSPS) is 30.6. The summed E-state index contributed by atoms with van der Waals surface area (Å²) in [6, 6.07) is 15.2. The van der Waals surface area contributed by atoms with Crippen LogP contribution >= 0.6 is 0 Å². The molecule has 0 saturated heterocycles. The maximum Gasteiger partial charge on any atom is 0.0200 e. The second-order valence-electron chi connectivity index (χ2n) is 7.03. The Bertz CT molecular complexity index is 586. The van der Waals surface area contributed by atoms with Crippen LogP contribution in [-0.4, -0.2) is 5.54 Å². The Hall–Kier alpha value is -1.34. The van der Waals surface area contributed by atoms with Crippen LogP contribution in [0, 0.1) is 11.8 Å². The van der Waals surface area contributed by atoms with Gasteiger partial charge in [0.1, 0.15) is 0 Å². The first kappa shape index (κ1) is 13.6. The lowest BCUT2D eigenvalue weighted by atomic mass is 9.69. The summed E-state index contributed by atoms with van der Waals surface area (Å²) < 4.78 is 0. The van der Waals surface area contributed by atoms with Crippen molar-refractivity contribution in [1.82, 2.24) is 0 Å². The van der Waals surface area contributed by atoms with Crippen LogP contribution in [0.4, 0.5) is 0 Å². The molecule has 1 aliphatic rings. The molecule has 0 spiro atoms. The lowest BCUT2D eigenvalue weighted by molar-refractivity contribution is 0.182. The quantitative estimate of drug-likeness (QED) is 0.849. The summed E-state index contributed by atoms with van der Waals surface area (Å²) in [4.78, 5) is 0. The van der Waals surface area contributed by atoms with Gasteiger partial charge in [0.25, 0.3) is 0 Å². The molecule has 3 rings (SSSR count). The van der Waals surface area contributed by atoms with Crippen molar-refractivity contribution in [2.75, 3.05) is 0 Å². The highest BCUT2D eigenvalue weighted by Gasteiger charge is 2.34. The molecule has 1 heteroatoms. The largest absolute Gasteiger partial charge is 0.325 e. The first-order chi connectivity index (χ1) is 9.56. The Morgan fingerprint density at radius 3 is 2.40 bits per heavy atom. The van der Waals surface area contributed by atoms with Crippen molar-refractivity contribution in [2.45, 2.75) is 45.1 Å². The standard InChI is InChI=1S/C19H25N/c1-14-10-15(2)12-19(20,11-14)13-17-8-5-7-16-6-3-4-9-18(16)17/h3-9,14-15H,10-13,20H2,1-2H3. The van der Waals surface area contributed by atoms with Gasteiger partial charge < -0.3 is 5.73 Å². The molecule has 1 saturated carbocycles. The van der Waals surface area contributed by atoms with Gasteiger partial charge in [-0.15, -0.1) is 0 Å². The van der Waals surface area contributed by atoms with E-state index in [4.69, 9.17) is 5.73 Å². The van der Waals surface area contributed by atoms with E-state index in [1.54, 1.807) is 0 Å². The van der Waals surface area contributed by atoms with E-state index in [1.807, 2.05) is 0 Å². The average molecular weight is 267 g/mol. The smallest absolute Gasteiger partial charge is 0.0200 e. The van der Waals surface area contributed by atoms with E-state index < -0.39 is 0 Å². The molecule has 1 nitrogen and oxygen atoms in total. The van der Waals surface area contributed by atoms with Crippen LogP contribution in [0.25, 0.3) is 10.8 Å². The van der Waals surface area contributed by atoms with Crippen molar-refractivity contribution in [3.05, 3.63) is 48.0 Å². The fourth-order valence-electron chi connectivity index (χ4n) is 4.30. The summed E-state index contributed by atoms with van der Waals surface area (Å²) in [7, 11) is 0. The van der Waals surface area contributed by atoms with E-state index in [0.29, 0.717) is 0 Å². The van der Waals surface area contributed by atoms with Gasteiger partial charge in [-0.1, -0.05) is 56.3 Å². The molecule has 106 valence electrons. The number of rotatable bonds is 2. The molecule has 2 unspecified atom stereocenters. The molecule has 2 aromatic rings. The van der Waals surface area contributed by atoms with Gasteiger partial charge in [0.15, 0.2) is 0 Å². The van der Waals surface area contributed by atoms with Gasteiger partial charge in [-0.2, -0.15) is 0 Å². The molecule has 0 amide bonds. The van der Waals surface area contributed by atoms with Crippen LogP contribution in [0.1, 0.15) is 38.7 Å². The Kier molecular flexibility index (Phi) is 3.55. The van der Waals surface area contributed by atoms with Crippen molar-refractivity contribution >= 4 is 10.8 Å². The third-order valence-corrected chi connectivity index (χ3v) is 4.74. The number of benzene rings is 2. The van der Waals surface area contributed by atoms with Crippen molar-refractivity contribution in [2.24, 2.45) is 17.6 Å². The summed E-state index contributed by atoms with van der Waals surface area (Å²) in [6.07, 6.45) is 4.64. The van der Waals surface area contributed by atoms with Crippen LogP contribution in [0.2, 0.25) is 0 Å². The van der Waals surface area contributed by atoms with Crippen molar-refractivity contribution in [3.8, 4) is 0 Å². The maximum atomic E-state index is 6.76. The highest BCUT2D eigenvalue weighted by atomic mass is 14.8. The first-order valence-electron chi connectivity index (χ1n) is 7.81. The van der Waals surface area contributed by atoms with E-state index in [0.717, 1.165) is 31.1 Å². The summed E-state index contributed by atoms with van der Waals surface area (Å²) in [5.41, 5.74) is 8.15. The number of hydrogen-bond acceptors (Lipinski definition) is 1. The predicted molar refractivity (Wildman–Crippen MR) is 86.7 cm³/mol. The van der Waals surface area contributed by atoms with Gasteiger partial charge in [0.05, 0.1) is 0 Å². The molecule has 0 heterocycles. The van der Waals surface area contributed by atoms with Gasteiger partial charge in [-0.25, -0.2) is 0 Å². The second-order valence-corrected chi connectivity index (χ2v) is 7.03. The predicted octanol–water partition coefficient (Wildman–Crippen LogP) is 4.54. The van der Waals surface area contributed by atoms with Gasteiger partial charge >= 0.3 is 0 Å². The van der Waals surface area contributed by atoms with E-state index in [-0.39, 0.29) is 5.54 Å². The molecule has 0 aromatic heterocycles. The maximum absolute atomic E-state index is 6.76. The Morgan fingerprint density at radius 2 is 1.65 bits per heavy atom. The third kappa shape index (κ3) is 2.73. The number of nitrogens with two attached hydrogens (primary N) is 1. The number of hydrogen-bond donors (Lipinski definition) is 1. The molecule has 0 aliphatic heterocycles. The number of fused-ring (bicyclic) bond motifs is 1. The fourth-order valence-corrected chi connectivity index (χ4v) is 4.30. The second kappa shape index (κ2) is 5.21. The zero-order valence-corrected chi connectivity index (χ0v) is 12.6. The van der Waals surface area contributed by atoms with Gasteiger partial charge in [0, 0.05) is 5.54 Å². The minimum atomic E-state index is -0.0266. The summed E-state index contributed by atoms with van der Waals surface area (Å²) in [5.74, 6) is 1.50. The molecular formula is C19H25N. The van der Waals surface area contributed by atoms with E-state index in [1.165, 1.54) is 22.8 Å². The van der Waals surface area contributed by atoms with E-state index >= 15 is 0 Å². The van der Waals surface area contributed by atoms with Gasteiger partial charge in [-0.05, 0) is 53.9 Å². The molecule has 2 N–H and O–H groups in total. The van der Waals surface area contributed by atoms with Crippen LogP contribution in [0.5, 0.6) is 0 Å². The SMILES string of the molecule is CC1CC(C)CC(N)(Cc2cccc3ccccc23)C1. The molecule has 1 fully saturated rings. The Balaban J connectivity index is 1.92. The minimum Gasteiger partial charge on any atom is -0.325 e.